The van der Waals surface area contributed by atoms with Crippen LogP contribution in [0.4, 0.5) is 0 Å². The van der Waals surface area contributed by atoms with Crippen LogP contribution in [0, 0.1) is 5.41 Å². The summed E-state index contributed by atoms with van der Waals surface area (Å²) in [6, 6.07) is 0. The van der Waals surface area contributed by atoms with Gasteiger partial charge in [0.15, 0.2) is 5.96 Å². The zero-order valence-electron chi connectivity index (χ0n) is 8.76. The number of nitrogens with zero attached hydrogens (tertiary/aromatic N) is 1. The summed E-state index contributed by atoms with van der Waals surface area (Å²) in [7, 11) is -3.31. The van der Waals surface area contributed by atoms with E-state index in [-0.39, 0.29) is 81.0 Å². The summed E-state index contributed by atoms with van der Waals surface area (Å²) in [6.45, 7) is -0.508. The van der Waals surface area contributed by atoms with Crippen LogP contribution in [0.2, 0.25) is 0 Å². The van der Waals surface area contributed by atoms with Gasteiger partial charge in [0, 0.05) is 7.05 Å². The molecule has 0 heterocycles. The van der Waals surface area contributed by atoms with Gasteiger partial charge in [-0.2, -0.15) is 0 Å². The predicted octanol–water partition coefficient (Wildman–Crippen LogP) is -5.98. The summed E-state index contributed by atoms with van der Waals surface area (Å²) in [6.07, 6.45) is 0. The van der Waals surface area contributed by atoms with Gasteiger partial charge in [0.25, 0.3) is 0 Å². The molecular weight excluding hydrogens is 311 g/mol. The number of guanidine groups is 1. The van der Waals surface area contributed by atoms with Gasteiger partial charge >= 0.3 is 72.8 Å². The van der Waals surface area contributed by atoms with Gasteiger partial charge in [0.2, 0.25) is 0 Å². The van der Waals surface area contributed by atoms with Crippen LogP contribution < -0.4 is 5.09 Å². The molecule has 0 unspecified atom stereocenters. The Morgan fingerprint density at radius 2 is 1.53 bits per heavy atom. The van der Waals surface area contributed by atoms with Gasteiger partial charge in [-0.3, -0.25) is 15.3 Å². The van der Waals surface area contributed by atoms with Crippen LogP contribution in [-0.2, 0) is 9.36 Å². The molecule has 13 N–H and O–H groups in total. The molecule has 12 nitrogen and oxygen atoms in total. The number of carbonyl (C=O) groups is 1. The van der Waals surface area contributed by atoms with Crippen molar-refractivity contribution in [1.29, 1.82) is 5.41 Å². The molecule has 0 saturated heterocycles. The van der Waals surface area contributed by atoms with E-state index in [9.17, 15) is 9.36 Å². The van der Waals surface area contributed by atoms with Crippen molar-refractivity contribution in [2.24, 2.45) is 0 Å². The van der Waals surface area contributed by atoms with Gasteiger partial charge in [-0.1, -0.05) is 0 Å². The van der Waals surface area contributed by atoms with Crippen LogP contribution in [0.25, 0.3) is 0 Å². The molecule has 0 amide bonds. The Balaban J connectivity index is -0.0000000480. The number of carboxylic acid groups (broad SMARTS) is 1. The van der Waals surface area contributed by atoms with Crippen molar-refractivity contribution in [3.8, 4) is 0 Å². The first kappa shape index (κ1) is 42.7. The van der Waals surface area contributed by atoms with Crippen molar-refractivity contribution in [2.45, 2.75) is 0 Å². The monoisotopic (exact) mass is 331 g/mol. The third-order valence-corrected chi connectivity index (χ3v) is 1.51. The van der Waals surface area contributed by atoms with Crippen LogP contribution >= 0.6 is 7.75 Å². The SMILES string of the molecule is CN(CC(=O)O)C(=N)NP(=O)(O)O.O.O.O.O.[NaH].[NaH]. The maximum atomic E-state index is 10.3. The molecule has 0 atom stereocenters. The van der Waals surface area contributed by atoms with Gasteiger partial charge in [0.1, 0.15) is 6.54 Å². The number of hydrogen-bond donors (Lipinski definition) is 5. The second-order valence-corrected chi connectivity index (χ2v) is 3.57. The molecule has 0 radical (unpaired) electrons. The van der Waals surface area contributed by atoms with Gasteiger partial charge in [-0.15, -0.1) is 0 Å². The van der Waals surface area contributed by atoms with Crippen molar-refractivity contribution in [1.82, 2.24) is 9.99 Å². The minimum atomic E-state index is -4.53. The average molecular weight is 331 g/mol. The molecule has 0 aliphatic carbocycles. The van der Waals surface area contributed by atoms with Gasteiger partial charge in [0.05, 0.1) is 0 Å². The van der Waals surface area contributed by atoms with Crippen LogP contribution in [0.15, 0.2) is 0 Å². The number of likely N-dealkylation sites (N-methyl/N-ethyl adjacent to an activating group) is 1. The predicted molar refractivity (Wildman–Crippen MR) is 71.9 cm³/mol. The van der Waals surface area contributed by atoms with Crippen molar-refractivity contribution in [3.05, 3.63) is 0 Å². The second-order valence-electron chi connectivity index (χ2n) is 2.25. The standard InChI is InChI=1S/C4H10N3O5P.2Na.4H2O.2H/c1-7(2-3(8)9)4(5)6-13(10,11)12;;;;;;;;/h2H2,1H3,(H,8,9)(H4,5,6,10,11,12);;;4*1H2;;. The Labute approximate surface area is 153 Å². The molecule has 0 aliphatic heterocycles. The average Bonchev–Trinajstić information content (AvgIpc) is 1.81. The molecule has 0 fully saturated rings. The Morgan fingerprint density at radius 1 is 1.21 bits per heavy atom. The van der Waals surface area contributed by atoms with Gasteiger partial charge < -0.3 is 41.7 Å². The van der Waals surface area contributed by atoms with Crippen molar-refractivity contribution >= 4 is 78.8 Å². The third kappa shape index (κ3) is 27.8. The minimum absolute atomic E-state index is 0. The van der Waals surface area contributed by atoms with Crippen molar-refractivity contribution < 1.29 is 46.2 Å². The topological polar surface area (TPSA) is 260 Å². The fourth-order valence-electron chi connectivity index (χ4n) is 0.505. The fraction of sp³-hybridized carbons (Fsp3) is 0.500. The van der Waals surface area contributed by atoms with Crippen LogP contribution in [0.1, 0.15) is 0 Å². The van der Waals surface area contributed by atoms with Crippen molar-refractivity contribution in [2.75, 3.05) is 13.6 Å². The van der Waals surface area contributed by atoms with E-state index in [0.29, 0.717) is 0 Å². The Kier molecular flexibility index (Phi) is 42.1. The number of nitrogens with one attached hydrogen (secondary N) is 2. The molecule has 0 saturated carbocycles. The maximum absolute atomic E-state index is 10.3. The zero-order chi connectivity index (χ0) is 10.6. The molecule has 0 aromatic carbocycles. The molecular formula is C4H20N3Na2O9P. The summed E-state index contributed by atoms with van der Waals surface area (Å²) in [5.74, 6) is -1.84. The number of carboxylic acids is 1. The Hall–Kier alpha value is 0.730. The normalized spacial score (nSPS) is 7.32. The Bertz CT molecular complexity index is 274. The Morgan fingerprint density at radius 3 is 1.74 bits per heavy atom. The van der Waals surface area contributed by atoms with E-state index < -0.39 is 26.2 Å². The van der Waals surface area contributed by atoms with E-state index in [2.05, 4.69) is 0 Å². The molecule has 112 valence electrons. The van der Waals surface area contributed by atoms with Crippen LogP contribution in [0.5, 0.6) is 0 Å². The first-order valence-corrected chi connectivity index (χ1v) is 4.69. The summed E-state index contributed by atoms with van der Waals surface area (Å²) >= 11 is 0. The molecule has 0 aromatic rings. The van der Waals surface area contributed by atoms with E-state index in [1.54, 1.807) is 0 Å². The van der Waals surface area contributed by atoms with E-state index in [0.717, 1.165) is 4.90 Å². The van der Waals surface area contributed by atoms with Gasteiger partial charge in [-0.25, -0.2) is 4.57 Å². The molecule has 0 aromatic heterocycles. The molecule has 0 rings (SSSR count). The molecule has 0 aliphatic rings. The number of hydrogen-bond acceptors (Lipinski definition) is 3. The number of aliphatic carboxylic acids is 1. The van der Waals surface area contributed by atoms with E-state index in [1.165, 1.54) is 12.1 Å². The summed E-state index contributed by atoms with van der Waals surface area (Å²) in [4.78, 5) is 27.7. The third-order valence-electron chi connectivity index (χ3n) is 1.01. The summed E-state index contributed by atoms with van der Waals surface area (Å²) < 4.78 is 10.3. The summed E-state index contributed by atoms with van der Waals surface area (Å²) in [5.41, 5.74) is 0. The quantitative estimate of drug-likeness (QED) is 0.144. The molecule has 0 bridgehead atoms. The van der Waals surface area contributed by atoms with E-state index in [1.807, 2.05) is 0 Å². The molecule has 15 heteroatoms. The van der Waals surface area contributed by atoms with Gasteiger partial charge in [-0.05, 0) is 0 Å². The van der Waals surface area contributed by atoms with E-state index in [4.69, 9.17) is 20.3 Å². The van der Waals surface area contributed by atoms with E-state index >= 15 is 0 Å². The van der Waals surface area contributed by atoms with Crippen LogP contribution in [-0.4, -0.2) is 126 Å². The molecule has 0 spiro atoms. The molecule has 19 heavy (non-hydrogen) atoms. The number of rotatable bonds is 3. The summed E-state index contributed by atoms with van der Waals surface area (Å²) in [5, 5.41) is 16.8. The fourth-order valence-corrected chi connectivity index (χ4v) is 0.952. The van der Waals surface area contributed by atoms with Crippen molar-refractivity contribution in [3.63, 3.8) is 0 Å². The van der Waals surface area contributed by atoms with Crippen LogP contribution in [0.3, 0.4) is 0 Å². The zero-order valence-corrected chi connectivity index (χ0v) is 9.65. The first-order valence-electron chi connectivity index (χ1n) is 3.07. The second kappa shape index (κ2) is 18.7. The first-order chi connectivity index (χ1) is 5.72.